The van der Waals surface area contributed by atoms with Crippen molar-refractivity contribution in [3.05, 3.63) is 82.9 Å². The molecule has 0 atom stereocenters. The second kappa shape index (κ2) is 8.87. The van der Waals surface area contributed by atoms with Crippen molar-refractivity contribution in [2.45, 2.75) is 26.8 Å². The third kappa shape index (κ3) is 4.21. The molecular weight excluding hydrogens is 392 g/mol. The number of benzene rings is 2. The molecule has 1 N–H and O–H groups in total. The van der Waals surface area contributed by atoms with Gasteiger partial charge in [-0.2, -0.15) is 9.78 Å². The van der Waals surface area contributed by atoms with Crippen LogP contribution in [0.15, 0.2) is 71.8 Å². The second-order valence-corrected chi connectivity index (χ2v) is 7.14. The fraction of sp³-hybridized carbons (Fsp3) is 0.208. The summed E-state index contributed by atoms with van der Waals surface area (Å²) in [6.45, 7) is 5.23. The fourth-order valence-corrected chi connectivity index (χ4v) is 3.46. The number of hydrogen-bond acceptors (Lipinski definition) is 4. The molecule has 0 unspecified atom stereocenters. The molecule has 0 fully saturated rings. The largest absolute Gasteiger partial charge is 0.494 e. The molecule has 2 aromatic carbocycles. The number of anilines is 1. The number of aromatic nitrogens is 3. The molecule has 0 radical (unpaired) electrons. The Balaban J connectivity index is 1.74. The Morgan fingerprint density at radius 2 is 1.77 bits per heavy atom. The molecule has 2 aliphatic heterocycles. The fourth-order valence-electron chi connectivity index (χ4n) is 3.46. The minimum Gasteiger partial charge on any atom is -0.494 e. The van der Waals surface area contributed by atoms with E-state index in [9.17, 15) is 9.59 Å². The van der Waals surface area contributed by atoms with Crippen molar-refractivity contribution in [2.75, 3.05) is 11.9 Å². The zero-order chi connectivity index (χ0) is 21.8. The van der Waals surface area contributed by atoms with E-state index in [4.69, 9.17) is 4.74 Å². The number of carbonyl (C=O) groups is 1. The number of amides is 1. The number of rotatable bonds is 7. The van der Waals surface area contributed by atoms with Crippen LogP contribution in [-0.2, 0) is 6.54 Å². The lowest BCUT2D eigenvalue weighted by molar-refractivity contribution is 0.102. The summed E-state index contributed by atoms with van der Waals surface area (Å²) < 4.78 is 8.66. The van der Waals surface area contributed by atoms with Gasteiger partial charge in [0.15, 0.2) is 0 Å². The highest BCUT2D eigenvalue weighted by Crippen LogP contribution is 2.24. The van der Waals surface area contributed by atoms with E-state index < -0.39 is 0 Å². The van der Waals surface area contributed by atoms with Gasteiger partial charge >= 0.3 is 0 Å². The van der Waals surface area contributed by atoms with Gasteiger partial charge in [0.2, 0.25) is 0 Å². The monoisotopic (exact) mass is 416 g/mol. The molecule has 0 saturated heterocycles. The van der Waals surface area contributed by atoms with Gasteiger partial charge in [0.1, 0.15) is 11.4 Å². The maximum atomic E-state index is 13.1. The normalized spacial score (nSPS) is 10.9. The van der Waals surface area contributed by atoms with Gasteiger partial charge in [0.25, 0.3) is 11.5 Å². The van der Waals surface area contributed by atoms with Gasteiger partial charge < -0.3 is 14.6 Å². The number of para-hydroxylation sites is 1. The van der Waals surface area contributed by atoms with Gasteiger partial charge in [-0.05, 0) is 49.7 Å². The Morgan fingerprint density at radius 3 is 2.45 bits per heavy atom. The Bertz CT molecular complexity index is 1210. The molecule has 2 aliphatic rings. The lowest BCUT2D eigenvalue weighted by atomic mass is 10.1. The lowest BCUT2D eigenvalue weighted by Crippen LogP contribution is -2.17. The standard InChI is InChI=1S/C24H24N4O3/c1-3-14-27-15-20(23(29)25-17-10-12-19(13-11-17)31-4-2)22-21(16-27)24(30)28(26-22)18-8-6-5-7-9-18/h5-13,15-16H,3-4,14H2,1-2H3,(H,25,29). The maximum Gasteiger partial charge on any atom is 0.282 e. The van der Waals surface area contributed by atoms with Gasteiger partial charge in [-0.15, -0.1) is 0 Å². The Hall–Kier alpha value is -3.87. The van der Waals surface area contributed by atoms with Crippen molar-refractivity contribution in [2.24, 2.45) is 0 Å². The summed E-state index contributed by atoms with van der Waals surface area (Å²) >= 11 is 0. The van der Waals surface area contributed by atoms with Crippen LogP contribution in [0.5, 0.6) is 5.75 Å². The van der Waals surface area contributed by atoms with Crippen molar-refractivity contribution >= 4 is 11.6 Å². The number of aryl methyl sites for hydroxylation is 1. The number of fused-ring (bicyclic) bond motifs is 1. The van der Waals surface area contributed by atoms with Crippen LogP contribution in [0.25, 0.3) is 16.9 Å². The molecule has 31 heavy (non-hydrogen) atoms. The van der Waals surface area contributed by atoms with E-state index >= 15 is 0 Å². The van der Waals surface area contributed by atoms with E-state index in [2.05, 4.69) is 10.4 Å². The van der Waals surface area contributed by atoms with Crippen LogP contribution in [0.2, 0.25) is 0 Å². The summed E-state index contributed by atoms with van der Waals surface area (Å²) in [7, 11) is 0. The third-order valence-corrected chi connectivity index (χ3v) is 4.87. The smallest absolute Gasteiger partial charge is 0.282 e. The van der Waals surface area contributed by atoms with Crippen molar-refractivity contribution in [1.29, 1.82) is 0 Å². The SMILES string of the molecule is CCCn1cc(C(=O)Nc2ccc(OCC)cc2)c2nn(-c3ccccc3)c(=O)c-2c1. The van der Waals surface area contributed by atoms with Gasteiger partial charge in [0, 0.05) is 24.6 Å². The van der Waals surface area contributed by atoms with Crippen molar-refractivity contribution in [1.82, 2.24) is 14.3 Å². The molecule has 0 aromatic heterocycles. The summed E-state index contributed by atoms with van der Waals surface area (Å²) in [6.07, 6.45) is 4.38. The molecular formula is C24H24N4O3. The van der Waals surface area contributed by atoms with Crippen molar-refractivity contribution < 1.29 is 9.53 Å². The second-order valence-electron chi connectivity index (χ2n) is 7.14. The molecule has 7 heteroatoms. The molecule has 0 aliphatic carbocycles. The van der Waals surface area contributed by atoms with Crippen LogP contribution in [0.1, 0.15) is 30.6 Å². The van der Waals surface area contributed by atoms with Crippen LogP contribution >= 0.6 is 0 Å². The summed E-state index contributed by atoms with van der Waals surface area (Å²) in [6, 6.07) is 16.4. The first kappa shape index (κ1) is 20.4. The molecule has 7 nitrogen and oxygen atoms in total. The van der Waals surface area contributed by atoms with Crippen LogP contribution in [0.3, 0.4) is 0 Å². The first-order chi connectivity index (χ1) is 15.1. The van der Waals surface area contributed by atoms with Crippen molar-refractivity contribution in [3.63, 3.8) is 0 Å². The molecule has 0 saturated carbocycles. The minimum absolute atomic E-state index is 0.248. The molecule has 158 valence electrons. The molecule has 4 rings (SSSR count). The van der Waals surface area contributed by atoms with Crippen LogP contribution in [0, 0.1) is 0 Å². The maximum absolute atomic E-state index is 13.1. The number of pyridine rings is 1. The van der Waals surface area contributed by atoms with E-state index in [1.54, 1.807) is 36.7 Å². The van der Waals surface area contributed by atoms with E-state index in [-0.39, 0.29) is 11.5 Å². The number of ether oxygens (including phenoxy) is 1. The zero-order valence-corrected chi connectivity index (χ0v) is 17.5. The van der Waals surface area contributed by atoms with Gasteiger partial charge in [-0.25, -0.2) is 0 Å². The highest BCUT2D eigenvalue weighted by Gasteiger charge is 2.24. The molecule has 0 bridgehead atoms. The van der Waals surface area contributed by atoms with E-state index in [0.717, 1.165) is 12.2 Å². The quantitative estimate of drug-likeness (QED) is 0.490. The highest BCUT2D eigenvalue weighted by molar-refractivity contribution is 6.08. The van der Waals surface area contributed by atoms with Gasteiger partial charge in [-0.3, -0.25) is 9.59 Å². The molecule has 0 spiro atoms. The molecule has 1 amide bonds. The minimum atomic E-state index is -0.322. The predicted octanol–water partition coefficient (Wildman–Crippen LogP) is 4.20. The number of hydrogen-bond donors (Lipinski definition) is 1. The Kier molecular flexibility index (Phi) is 5.84. The summed E-state index contributed by atoms with van der Waals surface area (Å²) in [5.74, 6) is 0.415. The van der Waals surface area contributed by atoms with E-state index in [1.165, 1.54) is 4.68 Å². The highest BCUT2D eigenvalue weighted by atomic mass is 16.5. The van der Waals surface area contributed by atoms with Crippen molar-refractivity contribution in [3.8, 4) is 22.7 Å². The first-order valence-corrected chi connectivity index (χ1v) is 10.3. The Morgan fingerprint density at radius 1 is 1.03 bits per heavy atom. The Labute approximate surface area is 180 Å². The first-order valence-electron chi connectivity index (χ1n) is 10.3. The average Bonchev–Trinajstić information content (AvgIpc) is 3.12. The van der Waals surface area contributed by atoms with Crippen LogP contribution < -0.4 is 15.6 Å². The van der Waals surface area contributed by atoms with E-state index in [0.29, 0.717) is 41.3 Å². The summed E-state index contributed by atoms with van der Waals surface area (Å²) in [4.78, 5) is 26.2. The number of carbonyl (C=O) groups excluding carboxylic acids is 1. The molecule has 2 aromatic rings. The lowest BCUT2D eigenvalue weighted by Gasteiger charge is -2.12. The third-order valence-electron chi connectivity index (χ3n) is 4.87. The topological polar surface area (TPSA) is 78.2 Å². The predicted molar refractivity (Wildman–Crippen MR) is 120 cm³/mol. The van der Waals surface area contributed by atoms with Gasteiger partial charge in [-0.1, -0.05) is 25.1 Å². The van der Waals surface area contributed by atoms with Gasteiger partial charge in [0.05, 0.1) is 23.4 Å². The number of nitrogens with zero attached hydrogens (tertiary/aromatic N) is 3. The van der Waals surface area contributed by atoms with E-state index in [1.807, 2.05) is 48.7 Å². The number of nitrogens with one attached hydrogen (secondary N) is 1. The summed E-state index contributed by atoms with van der Waals surface area (Å²) in [5.41, 5.74) is 2.19. The zero-order valence-electron chi connectivity index (χ0n) is 17.5. The average molecular weight is 416 g/mol. The molecule has 2 heterocycles. The van der Waals surface area contributed by atoms with Crippen LogP contribution in [-0.4, -0.2) is 26.9 Å². The summed E-state index contributed by atoms with van der Waals surface area (Å²) in [5, 5.41) is 7.39. The van der Waals surface area contributed by atoms with Crippen LogP contribution in [0.4, 0.5) is 5.69 Å².